The highest BCUT2D eigenvalue weighted by atomic mass is 32.1. The molecule has 1 aromatic heterocycles. The molecule has 0 bridgehead atoms. The topological polar surface area (TPSA) is 58.6 Å². The third-order valence-corrected chi connectivity index (χ3v) is 5.28. The first-order valence-electron chi connectivity index (χ1n) is 8.64. The van der Waals surface area contributed by atoms with Crippen LogP contribution in [0.3, 0.4) is 0 Å². The average molecular weight is 412 g/mol. The van der Waals surface area contributed by atoms with Gasteiger partial charge in [-0.2, -0.15) is 13.2 Å². The summed E-state index contributed by atoms with van der Waals surface area (Å²) < 4.78 is 42.8. The van der Waals surface area contributed by atoms with E-state index in [9.17, 15) is 22.8 Å². The molecule has 1 N–H and O–H groups in total. The van der Waals surface area contributed by atoms with Gasteiger partial charge in [0.1, 0.15) is 4.88 Å². The molecule has 2 aromatic rings. The van der Waals surface area contributed by atoms with Crippen LogP contribution in [0, 0.1) is 0 Å². The Morgan fingerprint density at radius 1 is 1.21 bits per heavy atom. The number of halogens is 3. The largest absolute Gasteiger partial charge is 0.465 e. The molecule has 0 unspecified atom stereocenters. The summed E-state index contributed by atoms with van der Waals surface area (Å²) in [5.41, 5.74) is 0.408. The first-order chi connectivity index (χ1) is 13.3. The smallest absolute Gasteiger partial charge is 0.416 e. The van der Waals surface area contributed by atoms with Crippen LogP contribution in [0.4, 0.5) is 18.9 Å². The fourth-order valence-corrected chi connectivity index (χ4v) is 3.59. The highest BCUT2D eigenvalue weighted by Crippen LogP contribution is 2.31. The van der Waals surface area contributed by atoms with Crippen LogP contribution in [-0.4, -0.2) is 36.5 Å². The maximum atomic E-state index is 12.7. The first-order valence-corrected chi connectivity index (χ1v) is 9.51. The van der Waals surface area contributed by atoms with Gasteiger partial charge in [-0.25, -0.2) is 4.79 Å². The third-order valence-electron chi connectivity index (χ3n) is 4.39. The number of esters is 1. The van der Waals surface area contributed by atoms with E-state index < -0.39 is 17.7 Å². The number of nitrogens with one attached hydrogen (secondary N) is 1. The molecule has 0 radical (unpaired) electrons. The molecule has 1 fully saturated rings. The molecule has 150 valence electrons. The minimum atomic E-state index is -4.37. The predicted molar refractivity (Wildman–Crippen MR) is 99.2 cm³/mol. The molecule has 1 amide bonds. The highest BCUT2D eigenvalue weighted by Gasteiger charge is 2.32. The number of methoxy groups -OCH3 is 1. The highest BCUT2D eigenvalue weighted by molar-refractivity contribution is 7.12. The van der Waals surface area contributed by atoms with Crippen LogP contribution in [0.1, 0.15) is 33.6 Å². The van der Waals surface area contributed by atoms with Gasteiger partial charge in [0.15, 0.2) is 0 Å². The number of hydrogen-bond donors (Lipinski definition) is 1. The number of benzene rings is 1. The van der Waals surface area contributed by atoms with Crippen molar-refractivity contribution < 1.29 is 27.5 Å². The van der Waals surface area contributed by atoms with Crippen molar-refractivity contribution in [2.75, 3.05) is 19.0 Å². The summed E-state index contributed by atoms with van der Waals surface area (Å²) in [7, 11) is 1.27. The van der Waals surface area contributed by atoms with Gasteiger partial charge in [-0.3, -0.25) is 9.69 Å². The van der Waals surface area contributed by atoms with Crippen molar-refractivity contribution in [2.45, 2.75) is 31.6 Å². The molecule has 0 spiro atoms. The van der Waals surface area contributed by atoms with E-state index in [4.69, 9.17) is 0 Å². The maximum absolute atomic E-state index is 12.7. The van der Waals surface area contributed by atoms with Crippen molar-refractivity contribution in [3.05, 3.63) is 51.7 Å². The number of amides is 1. The SMILES string of the molecule is COC(=O)c1sccc1NC(=O)CN(Cc1ccc(C(F)(F)F)cc1)C1CC1. The summed E-state index contributed by atoms with van der Waals surface area (Å²) in [5, 5.41) is 4.40. The van der Waals surface area contributed by atoms with Crippen molar-refractivity contribution in [3.63, 3.8) is 0 Å². The normalized spacial score (nSPS) is 14.2. The van der Waals surface area contributed by atoms with Crippen LogP contribution >= 0.6 is 11.3 Å². The molecular weight excluding hydrogens is 393 g/mol. The summed E-state index contributed by atoms with van der Waals surface area (Å²) >= 11 is 1.17. The lowest BCUT2D eigenvalue weighted by Gasteiger charge is -2.21. The van der Waals surface area contributed by atoms with Crippen LogP contribution in [0.15, 0.2) is 35.7 Å². The van der Waals surface area contributed by atoms with E-state index in [1.807, 2.05) is 4.90 Å². The van der Waals surface area contributed by atoms with E-state index in [2.05, 4.69) is 10.1 Å². The van der Waals surface area contributed by atoms with Gasteiger partial charge in [-0.1, -0.05) is 12.1 Å². The Kier molecular flexibility index (Phi) is 6.04. The Morgan fingerprint density at radius 2 is 1.89 bits per heavy atom. The van der Waals surface area contributed by atoms with Crippen molar-refractivity contribution in [3.8, 4) is 0 Å². The van der Waals surface area contributed by atoms with Gasteiger partial charge in [-0.05, 0) is 42.0 Å². The molecule has 28 heavy (non-hydrogen) atoms. The lowest BCUT2D eigenvalue weighted by molar-refractivity contribution is -0.137. The van der Waals surface area contributed by atoms with E-state index in [1.165, 1.54) is 30.6 Å². The quantitative estimate of drug-likeness (QED) is 0.694. The Balaban J connectivity index is 1.63. The van der Waals surface area contributed by atoms with Gasteiger partial charge in [0.2, 0.25) is 5.91 Å². The fraction of sp³-hybridized carbons (Fsp3) is 0.368. The summed E-state index contributed by atoms with van der Waals surface area (Å²) in [4.78, 5) is 26.4. The summed E-state index contributed by atoms with van der Waals surface area (Å²) in [5.74, 6) is -0.809. The van der Waals surface area contributed by atoms with Crippen molar-refractivity contribution in [1.82, 2.24) is 4.90 Å². The zero-order valence-corrected chi connectivity index (χ0v) is 15.9. The zero-order chi connectivity index (χ0) is 20.3. The molecule has 9 heteroatoms. The zero-order valence-electron chi connectivity index (χ0n) is 15.1. The van der Waals surface area contributed by atoms with Crippen molar-refractivity contribution in [1.29, 1.82) is 0 Å². The van der Waals surface area contributed by atoms with Gasteiger partial charge < -0.3 is 10.1 Å². The number of ether oxygens (including phenoxy) is 1. The molecular formula is C19H19F3N2O3S. The second-order valence-corrected chi connectivity index (χ2v) is 7.45. The Bertz CT molecular complexity index is 845. The van der Waals surface area contributed by atoms with Crippen LogP contribution < -0.4 is 5.32 Å². The Labute approximate surface area is 164 Å². The molecule has 0 aliphatic heterocycles. The lowest BCUT2D eigenvalue weighted by atomic mass is 10.1. The van der Waals surface area contributed by atoms with E-state index in [0.717, 1.165) is 25.0 Å². The van der Waals surface area contributed by atoms with E-state index in [0.29, 0.717) is 22.7 Å². The number of nitrogens with zero attached hydrogens (tertiary/aromatic N) is 1. The number of thiophene rings is 1. The van der Waals surface area contributed by atoms with Crippen LogP contribution in [0.5, 0.6) is 0 Å². The molecule has 0 atom stereocenters. The number of anilines is 1. The minimum absolute atomic E-state index is 0.0855. The van der Waals surface area contributed by atoms with Crippen molar-refractivity contribution >= 4 is 28.9 Å². The van der Waals surface area contributed by atoms with E-state index in [-0.39, 0.29) is 18.5 Å². The van der Waals surface area contributed by atoms with Crippen molar-refractivity contribution in [2.24, 2.45) is 0 Å². The van der Waals surface area contributed by atoms with Gasteiger partial charge in [0.05, 0.1) is 24.9 Å². The van der Waals surface area contributed by atoms with Gasteiger partial charge in [-0.15, -0.1) is 11.3 Å². The van der Waals surface area contributed by atoms with Gasteiger partial charge in [0.25, 0.3) is 0 Å². The molecule has 1 heterocycles. The molecule has 5 nitrogen and oxygen atoms in total. The van der Waals surface area contributed by atoms with E-state index >= 15 is 0 Å². The number of alkyl halides is 3. The standard InChI is InChI=1S/C19H19F3N2O3S/c1-27-18(26)17-15(8-9-28-17)23-16(25)11-24(14-6-7-14)10-12-2-4-13(5-3-12)19(20,21)22/h2-5,8-9,14H,6-7,10-11H2,1H3,(H,23,25). The van der Waals surface area contributed by atoms with E-state index in [1.54, 1.807) is 11.4 Å². The predicted octanol–water partition coefficient (Wildman–Crippen LogP) is 4.16. The number of hydrogen-bond acceptors (Lipinski definition) is 5. The van der Waals surface area contributed by atoms with Gasteiger partial charge >= 0.3 is 12.1 Å². The summed E-state index contributed by atoms with van der Waals surface area (Å²) in [6.07, 6.45) is -2.48. The summed E-state index contributed by atoms with van der Waals surface area (Å²) in [6, 6.07) is 6.83. The maximum Gasteiger partial charge on any atom is 0.416 e. The van der Waals surface area contributed by atoms with Crippen LogP contribution in [-0.2, 0) is 22.3 Å². The number of rotatable bonds is 7. The number of carbonyl (C=O) groups excluding carboxylic acids is 2. The third kappa shape index (κ3) is 5.11. The Morgan fingerprint density at radius 3 is 2.46 bits per heavy atom. The second-order valence-electron chi connectivity index (χ2n) is 6.53. The summed E-state index contributed by atoms with van der Waals surface area (Å²) in [6.45, 7) is 0.464. The second kappa shape index (κ2) is 8.32. The average Bonchev–Trinajstić information content (AvgIpc) is 3.40. The molecule has 0 saturated heterocycles. The minimum Gasteiger partial charge on any atom is -0.465 e. The molecule has 1 saturated carbocycles. The Hall–Kier alpha value is -2.39. The molecule has 1 aromatic carbocycles. The molecule has 1 aliphatic rings. The lowest BCUT2D eigenvalue weighted by Crippen LogP contribution is -2.34. The monoisotopic (exact) mass is 412 g/mol. The molecule has 1 aliphatic carbocycles. The fourth-order valence-electron chi connectivity index (χ4n) is 2.82. The van der Waals surface area contributed by atoms with Gasteiger partial charge in [0, 0.05) is 12.6 Å². The molecule has 3 rings (SSSR count). The first kappa shape index (κ1) is 20.3. The van der Waals surface area contributed by atoms with Crippen LogP contribution in [0.2, 0.25) is 0 Å². The van der Waals surface area contributed by atoms with Crippen LogP contribution in [0.25, 0.3) is 0 Å². The number of carbonyl (C=O) groups is 2.